The van der Waals surface area contributed by atoms with Crippen LogP contribution < -0.4 is 4.74 Å². The number of ether oxygens (including phenoxy) is 1. The Balaban J connectivity index is 1.20. The van der Waals surface area contributed by atoms with E-state index in [0.717, 1.165) is 49.7 Å². The predicted octanol–water partition coefficient (Wildman–Crippen LogP) is 3.81. The number of benzene rings is 1. The molecule has 3 aromatic rings. The van der Waals surface area contributed by atoms with E-state index in [2.05, 4.69) is 44.3 Å². The van der Waals surface area contributed by atoms with Crippen LogP contribution in [0.3, 0.4) is 0 Å². The first kappa shape index (κ1) is 15.0. The molecular weight excluding hydrogens is 312 g/mol. The zero-order chi connectivity index (χ0) is 16.6. The summed E-state index contributed by atoms with van der Waals surface area (Å²) in [5, 5.41) is 8.65. The van der Waals surface area contributed by atoms with E-state index in [1.54, 1.807) is 0 Å². The van der Waals surface area contributed by atoms with Crippen LogP contribution in [0.25, 0.3) is 10.9 Å². The average Bonchev–Trinajstić information content (AvgIpc) is 3.17. The van der Waals surface area contributed by atoms with Gasteiger partial charge < -0.3 is 9.72 Å². The number of rotatable bonds is 5. The van der Waals surface area contributed by atoms with Crippen molar-refractivity contribution in [2.45, 2.75) is 44.2 Å². The molecule has 0 spiro atoms. The summed E-state index contributed by atoms with van der Waals surface area (Å²) in [5.41, 5.74) is 3.90. The molecule has 0 bridgehead atoms. The number of nitrogens with one attached hydrogen (secondary N) is 2. The Morgan fingerprint density at radius 3 is 2.84 bits per heavy atom. The van der Waals surface area contributed by atoms with E-state index >= 15 is 0 Å². The molecule has 3 heterocycles. The minimum absolute atomic E-state index is 0.309. The highest BCUT2D eigenvalue weighted by molar-refractivity contribution is 5.85. The second kappa shape index (κ2) is 6.23. The van der Waals surface area contributed by atoms with Gasteiger partial charge in [-0.1, -0.05) is 6.07 Å². The van der Waals surface area contributed by atoms with Gasteiger partial charge in [0.2, 0.25) is 0 Å². The minimum atomic E-state index is 0.309. The lowest BCUT2D eigenvalue weighted by molar-refractivity contribution is 0.0978. The highest BCUT2D eigenvalue weighted by Crippen LogP contribution is 2.40. The zero-order valence-corrected chi connectivity index (χ0v) is 14.4. The van der Waals surface area contributed by atoms with Gasteiger partial charge in [-0.2, -0.15) is 5.10 Å². The second-order valence-electron chi connectivity index (χ2n) is 7.37. The molecule has 5 rings (SSSR count). The first-order chi connectivity index (χ1) is 12.4. The number of H-pyrrole nitrogens is 2. The van der Waals surface area contributed by atoms with Crippen molar-refractivity contribution >= 4 is 10.9 Å². The lowest BCUT2D eigenvalue weighted by Crippen LogP contribution is -2.37. The molecule has 1 saturated heterocycles. The smallest absolute Gasteiger partial charge is 0.129 e. The summed E-state index contributed by atoms with van der Waals surface area (Å²) in [6.07, 6.45) is 9.09. The second-order valence-corrected chi connectivity index (χ2v) is 7.37. The van der Waals surface area contributed by atoms with E-state index in [-0.39, 0.29) is 0 Å². The Kier molecular flexibility index (Phi) is 3.74. The number of piperidine rings is 1. The summed E-state index contributed by atoms with van der Waals surface area (Å²) < 4.78 is 6.32. The van der Waals surface area contributed by atoms with Gasteiger partial charge in [-0.3, -0.25) is 10.00 Å². The van der Waals surface area contributed by atoms with Crippen LogP contribution in [0.1, 0.15) is 42.9 Å². The molecule has 2 N–H and O–H groups in total. The van der Waals surface area contributed by atoms with Crippen LogP contribution in [0.5, 0.6) is 5.75 Å². The third-order valence-corrected chi connectivity index (χ3v) is 5.51. The van der Waals surface area contributed by atoms with Crippen LogP contribution >= 0.6 is 0 Å². The van der Waals surface area contributed by atoms with Gasteiger partial charge in [-0.25, -0.2) is 0 Å². The number of aromatic amines is 2. The van der Waals surface area contributed by atoms with Gasteiger partial charge in [-0.05, 0) is 43.9 Å². The Labute approximate surface area is 147 Å². The van der Waals surface area contributed by atoms with Crippen LogP contribution in [0.15, 0.2) is 36.7 Å². The monoisotopic (exact) mass is 336 g/mol. The van der Waals surface area contributed by atoms with Crippen LogP contribution in [0, 0.1) is 0 Å². The van der Waals surface area contributed by atoms with Crippen molar-refractivity contribution in [3.05, 3.63) is 47.9 Å². The standard InChI is InChI=1S/C20H24N4O/c1-2-18-17(6-9-21-18)19(3-1)25-16-7-10-24(11-8-16)13-15-12-22-23-20(15)14-4-5-14/h1-3,6,9,12,14,16,21H,4-5,7-8,10-11,13H2,(H,22,23). The van der Waals surface area contributed by atoms with Crippen LogP contribution in [0.2, 0.25) is 0 Å². The fraction of sp³-hybridized carbons (Fsp3) is 0.450. The number of nitrogens with zero attached hydrogens (tertiary/aromatic N) is 2. The molecule has 5 nitrogen and oxygen atoms in total. The van der Waals surface area contributed by atoms with Gasteiger partial charge in [0.15, 0.2) is 0 Å². The van der Waals surface area contributed by atoms with Gasteiger partial charge in [0.25, 0.3) is 0 Å². The van der Waals surface area contributed by atoms with Gasteiger partial charge in [0.05, 0.1) is 6.20 Å². The minimum Gasteiger partial charge on any atom is -0.490 e. The molecule has 2 aliphatic rings. The van der Waals surface area contributed by atoms with Gasteiger partial charge >= 0.3 is 0 Å². The van der Waals surface area contributed by atoms with Crippen molar-refractivity contribution < 1.29 is 4.74 Å². The van der Waals surface area contributed by atoms with Crippen molar-refractivity contribution in [2.75, 3.05) is 13.1 Å². The maximum atomic E-state index is 6.32. The quantitative estimate of drug-likeness (QED) is 0.745. The molecule has 1 aliphatic carbocycles. The summed E-state index contributed by atoms with van der Waals surface area (Å²) in [6, 6.07) is 8.32. The zero-order valence-electron chi connectivity index (χ0n) is 14.4. The Hall–Kier alpha value is -2.27. The van der Waals surface area contributed by atoms with E-state index in [0.29, 0.717) is 6.10 Å². The molecule has 2 aromatic heterocycles. The number of hydrogen-bond acceptors (Lipinski definition) is 3. The van der Waals surface area contributed by atoms with Crippen LogP contribution in [-0.2, 0) is 6.54 Å². The van der Waals surface area contributed by atoms with Crippen LogP contribution in [-0.4, -0.2) is 39.3 Å². The molecule has 0 atom stereocenters. The largest absolute Gasteiger partial charge is 0.490 e. The highest BCUT2D eigenvalue weighted by atomic mass is 16.5. The molecule has 130 valence electrons. The maximum absolute atomic E-state index is 6.32. The summed E-state index contributed by atoms with van der Waals surface area (Å²) in [4.78, 5) is 5.79. The SMILES string of the molecule is c1cc(OC2CCN(Cc3cn[nH]c3C3CC3)CC2)c2cc[nH]c2c1. The summed E-state index contributed by atoms with van der Waals surface area (Å²) >= 11 is 0. The summed E-state index contributed by atoms with van der Waals surface area (Å²) in [6.45, 7) is 3.19. The molecule has 1 saturated carbocycles. The molecule has 5 heteroatoms. The number of hydrogen-bond donors (Lipinski definition) is 2. The number of fused-ring (bicyclic) bond motifs is 1. The van der Waals surface area contributed by atoms with E-state index < -0.39 is 0 Å². The lowest BCUT2D eigenvalue weighted by Gasteiger charge is -2.32. The van der Waals surface area contributed by atoms with E-state index in [1.165, 1.54) is 29.5 Å². The van der Waals surface area contributed by atoms with Gasteiger partial charge in [-0.15, -0.1) is 0 Å². The van der Waals surface area contributed by atoms with Gasteiger partial charge in [0.1, 0.15) is 11.9 Å². The normalized spacial score (nSPS) is 19.5. The van der Waals surface area contributed by atoms with E-state index in [1.807, 2.05) is 12.4 Å². The van der Waals surface area contributed by atoms with Gasteiger partial charge in [0, 0.05) is 53.9 Å². The van der Waals surface area contributed by atoms with Crippen molar-refractivity contribution in [3.8, 4) is 5.75 Å². The lowest BCUT2D eigenvalue weighted by atomic mass is 10.1. The van der Waals surface area contributed by atoms with E-state index in [4.69, 9.17) is 4.74 Å². The number of aromatic nitrogens is 3. The Bertz CT molecular complexity index is 855. The molecule has 1 aromatic carbocycles. The summed E-state index contributed by atoms with van der Waals surface area (Å²) in [7, 11) is 0. The fourth-order valence-electron chi connectivity index (χ4n) is 3.94. The summed E-state index contributed by atoms with van der Waals surface area (Å²) in [5.74, 6) is 1.74. The molecule has 2 fully saturated rings. The molecule has 1 aliphatic heterocycles. The van der Waals surface area contributed by atoms with Crippen molar-refractivity contribution in [1.29, 1.82) is 0 Å². The third-order valence-electron chi connectivity index (χ3n) is 5.51. The van der Waals surface area contributed by atoms with Crippen molar-refractivity contribution in [2.24, 2.45) is 0 Å². The molecule has 0 amide bonds. The average molecular weight is 336 g/mol. The van der Waals surface area contributed by atoms with Crippen molar-refractivity contribution in [3.63, 3.8) is 0 Å². The fourth-order valence-corrected chi connectivity index (χ4v) is 3.94. The maximum Gasteiger partial charge on any atom is 0.129 e. The Morgan fingerprint density at radius 1 is 1.12 bits per heavy atom. The molecule has 0 unspecified atom stereocenters. The van der Waals surface area contributed by atoms with Crippen molar-refractivity contribution in [1.82, 2.24) is 20.1 Å². The molecule has 0 radical (unpaired) electrons. The highest BCUT2D eigenvalue weighted by Gasteiger charge is 2.29. The first-order valence-electron chi connectivity index (χ1n) is 9.34. The number of likely N-dealkylation sites (tertiary alicyclic amines) is 1. The third kappa shape index (κ3) is 3.04. The van der Waals surface area contributed by atoms with Crippen LogP contribution in [0.4, 0.5) is 0 Å². The van der Waals surface area contributed by atoms with E-state index in [9.17, 15) is 0 Å². The molecule has 25 heavy (non-hydrogen) atoms. The first-order valence-corrected chi connectivity index (χ1v) is 9.34. The topological polar surface area (TPSA) is 56.9 Å². The Morgan fingerprint density at radius 2 is 2.00 bits per heavy atom. The predicted molar refractivity (Wildman–Crippen MR) is 97.8 cm³/mol. The molecular formula is C20H24N4O.